The summed E-state index contributed by atoms with van der Waals surface area (Å²) in [5, 5.41) is 12.0. The number of likely N-dealkylation sites (tertiary alicyclic amines) is 1. The fourth-order valence-electron chi connectivity index (χ4n) is 2.61. The van der Waals surface area contributed by atoms with Gasteiger partial charge in [-0.2, -0.15) is 0 Å². The van der Waals surface area contributed by atoms with Gasteiger partial charge in [-0.05, 0) is 33.1 Å². The molecule has 110 valence electrons. The summed E-state index contributed by atoms with van der Waals surface area (Å²) in [5.74, 6) is -0.967. The second-order valence-corrected chi connectivity index (χ2v) is 5.71. The molecule has 1 fully saturated rings. The SMILES string of the molecule is CCCC(C)(NC(=O)N1CCCCCC1C)C(=O)O. The van der Waals surface area contributed by atoms with Crippen molar-refractivity contribution in [2.24, 2.45) is 0 Å². The summed E-state index contributed by atoms with van der Waals surface area (Å²) >= 11 is 0. The maximum atomic E-state index is 12.3. The highest BCUT2D eigenvalue weighted by Crippen LogP contribution is 2.18. The molecule has 1 aliphatic heterocycles. The number of rotatable bonds is 4. The Bertz CT molecular complexity index is 333. The van der Waals surface area contributed by atoms with E-state index in [1.807, 2.05) is 13.8 Å². The van der Waals surface area contributed by atoms with Crippen molar-refractivity contribution in [3.63, 3.8) is 0 Å². The molecule has 0 aliphatic carbocycles. The maximum absolute atomic E-state index is 12.3. The van der Waals surface area contributed by atoms with E-state index in [-0.39, 0.29) is 12.1 Å². The highest BCUT2D eigenvalue weighted by Gasteiger charge is 2.36. The van der Waals surface area contributed by atoms with Gasteiger partial charge in [0.25, 0.3) is 0 Å². The van der Waals surface area contributed by atoms with Gasteiger partial charge in [0.2, 0.25) is 0 Å². The summed E-state index contributed by atoms with van der Waals surface area (Å²) in [4.78, 5) is 25.4. The average Bonchev–Trinajstić information content (AvgIpc) is 2.53. The van der Waals surface area contributed by atoms with E-state index in [4.69, 9.17) is 0 Å². The minimum atomic E-state index is -1.17. The quantitative estimate of drug-likeness (QED) is 0.825. The second-order valence-electron chi connectivity index (χ2n) is 5.71. The standard InChI is InChI=1S/C14H26N2O3/c1-4-9-14(3,12(17)18)15-13(19)16-10-7-5-6-8-11(16)2/h11H,4-10H2,1-3H3,(H,15,19)(H,17,18). The van der Waals surface area contributed by atoms with Crippen LogP contribution >= 0.6 is 0 Å². The summed E-state index contributed by atoms with van der Waals surface area (Å²) < 4.78 is 0. The minimum absolute atomic E-state index is 0.183. The van der Waals surface area contributed by atoms with Crippen LogP contribution in [0.4, 0.5) is 4.79 Å². The third-order valence-electron chi connectivity index (χ3n) is 3.92. The number of carbonyl (C=O) groups excluding carboxylic acids is 1. The van der Waals surface area contributed by atoms with Crippen LogP contribution in [0, 0.1) is 0 Å². The zero-order valence-electron chi connectivity index (χ0n) is 12.2. The lowest BCUT2D eigenvalue weighted by Gasteiger charge is -2.33. The molecule has 5 nitrogen and oxygen atoms in total. The van der Waals surface area contributed by atoms with Gasteiger partial charge < -0.3 is 15.3 Å². The molecule has 1 heterocycles. The summed E-state index contributed by atoms with van der Waals surface area (Å²) in [6, 6.07) is -0.0603. The van der Waals surface area contributed by atoms with Crippen molar-refractivity contribution in [2.75, 3.05) is 6.54 Å². The second kappa shape index (κ2) is 6.78. The summed E-state index contributed by atoms with van der Waals surface area (Å²) in [5.41, 5.74) is -1.17. The number of carboxylic acids is 1. The molecular weight excluding hydrogens is 244 g/mol. The third-order valence-corrected chi connectivity index (χ3v) is 3.92. The van der Waals surface area contributed by atoms with Gasteiger partial charge in [0.1, 0.15) is 5.54 Å². The Balaban J connectivity index is 2.72. The molecule has 1 saturated heterocycles. The van der Waals surface area contributed by atoms with Gasteiger partial charge in [-0.1, -0.05) is 26.2 Å². The molecule has 19 heavy (non-hydrogen) atoms. The summed E-state index contributed by atoms with van der Waals surface area (Å²) in [6.45, 7) is 6.25. The van der Waals surface area contributed by atoms with Crippen LogP contribution in [0.1, 0.15) is 59.3 Å². The molecule has 2 unspecified atom stereocenters. The number of nitrogens with zero attached hydrogens (tertiary/aromatic N) is 1. The van der Waals surface area contributed by atoms with Crippen LogP contribution < -0.4 is 5.32 Å². The van der Waals surface area contributed by atoms with E-state index in [1.54, 1.807) is 11.8 Å². The molecule has 0 spiro atoms. The van der Waals surface area contributed by atoms with Crippen molar-refractivity contribution in [2.45, 2.75) is 70.9 Å². The number of aliphatic carboxylic acids is 1. The molecule has 0 bridgehead atoms. The predicted octanol–water partition coefficient (Wildman–Crippen LogP) is 2.60. The van der Waals surface area contributed by atoms with E-state index in [2.05, 4.69) is 5.32 Å². The number of amides is 2. The first-order chi connectivity index (χ1) is 8.90. The smallest absolute Gasteiger partial charge is 0.329 e. The first kappa shape index (κ1) is 15.8. The van der Waals surface area contributed by atoms with Crippen LogP contribution in [0.2, 0.25) is 0 Å². The van der Waals surface area contributed by atoms with Gasteiger partial charge in [-0.25, -0.2) is 9.59 Å². The van der Waals surface area contributed by atoms with Crippen LogP contribution in [0.15, 0.2) is 0 Å². The van der Waals surface area contributed by atoms with Crippen LogP contribution in [0.25, 0.3) is 0 Å². The summed E-state index contributed by atoms with van der Waals surface area (Å²) in [7, 11) is 0. The number of carbonyl (C=O) groups is 2. The lowest BCUT2D eigenvalue weighted by atomic mass is 9.96. The highest BCUT2D eigenvalue weighted by molar-refractivity contribution is 5.86. The van der Waals surface area contributed by atoms with Gasteiger partial charge in [0, 0.05) is 12.6 Å². The van der Waals surface area contributed by atoms with Crippen molar-refractivity contribution < 1.29 is 14.7 Å². The van der Waals surface area contributed by atoms with E-state index in [1.165, 1.54) is 0 Å². The zero-order chi connectivity index (χ0) is 14.5. The van der Waals surface area contributed by atoms with Gasteiger partial charge in [0.15, 0.2) is 0 Å². The van der Waals surface area contributed by atoms with Crippen molar-refractivity contribution >= 4 is 12.0 Å². The van der Waals surface area contributed by atoms with E-state index >= 15 is 0 Å². The lowest BCUT2D eigenvalue weighted by molar-refractivity contribution is -0.144. The summed E-state index contributed by atoms with van der Waals surface area (Å²) in [6.07, 6.45) is 5.42. The fourth-order valence-corrected chi connectivity index (χ4v) is 2.61. The van der Waals surface area contributed by atoms with Crippen LogP contribution in [0.5, 0.6) is 0 Å². The van der Waals surface area contributed by atoms with E-state index < -0.39 is 11.5 Å². The number of nitrogens with one attached hydrogen (secondary N) is 1. The molecule has 2 amide bonds. The molecule has 2 N–H and O–H groups in total. The van der Waals surface area contributed by atoms with Crippen LogP contribution in [-0.2, 0) is 4.79 Å². The first-order valence-electron chi connectivity index (χ1n) is 7.23. The van der Waals surface area contributed by atoms with Crippen molar-refractivity contribution in [3.8, 4) is 0 Å². The number of hydrogen-bond acceptors (Lipinski definition) is 2. The molecule has 2 atom stereocenters. The van der Waals surface area contributed by atoms with Crippen molar-refractivity contribution in [3.05, 3.63) is 0 Å². The Morgan fingerprint density at radius 2 is 2.05 bits per heavy atom. The van der Waals surface area contributed by atoms with Gasteiger partial charge >= 0.3 is 12.0 Å². The number of urea groups is 1. The Morgan fingerprint density at radius 1 is 1.37 bits per heavy atom. The molecular formula is C14H26N2O3. The molecule has 0 saturated carbocycles. The highest BCUT2D eigenvalue weighted by atomic mass is 16.4. The van der Waals surface area contributed by atoms with E-state index in [9.17, 15) is 14.7 Å². The topological polar surface area (TPSA) is 69.6 Å². The molecule has 1 rings (SSSR count). The molecule has 1 aliphatic rings. The van der Waals surface area contributed by atoms with Crippen molar-refractivity contribution in [1.82, 2.24) is 10.2 Å². The predicted molar refractivity (Wildman–Crippen MR) is 74.1 cm³/mol. The van der Waals surface area contributed by atoms with Gasteiger partial charge in [0.05, 0.1) is 0 Å². The molecule has 0 radical (unpaired) electrons. The maximum Gasteiger partial charge on any atom is 0.329 e. The minimum Gasteiger partial charge on any atom is -0.480 e. The van der Waals surface area contributed by atoms with Crippen LogP contribution in [0.3, 0.4) is 0 Å². The number of carboxylic acid groups (broad SMARTS) is 1. The normalized spacial score (nSPS) is 23.3. The van der Waals surface area contributed by atoms with E-state index in [0.717, 1.165) is 38.6 Å². The first-order valence-corrected chi connectivity index (χ1v) is 7.23. The third kappa shape index (κ3) is 4.11. The van der Waals surface area contributed by atoms with Crippen LogP contribution in [-0.4, -0.2) is 40.1 Å². The Morgan fingerprint density at radius 3 is 2.63 bits per heavy atom. The lowest BCUT2D eigenvalue weighted by Crippen LogP contribution is -2.57. The Labute approximate surface area is 115 Å². The number of hydrogen-bond donors (Lipinski definition) is 2. The largest absolute Gasteiger partial charge is 0.480 e. The van der Waals surface area contributed by atoms with E-state index in [0.29, 0.717) is 6.42 Å². The monoisotopic (exact) mass is 270 g/mol. The molecule has 0 aromatic carbocycles. The molecule has 0 aromatic rings. The van der Waals surface area contributed by atoms with Crippen molar-refractivity contribution in [1.29, 1.82) is 0 Å². The Hall–Kier alpha value is -1.26. The van der Waals surface area contributed by atoms with Gasteiger partial charge in [-0.15, -0.1) is 0 Å². The molecule has 5 heteroatoms. The Kier molecular flexibility index (Phi) is 5.63. The zero-order valence-corrected chi connectivity index (χ0v) is 12.2. The molecule has 0 aromatic heterocycles. The fraction of sp³-hybridized carbons (Fsp3) is 0.857. The van der Waals surface area contributed by atoms with Gasteiger partial charge in [-0.3, -0.25) is 0 Å². The average molecular weight is 270 g/mol.